The molecule has 5 heteroatoms. The molecule has 0 saturated heterocycles. The first-order chi connectivity index (χ1) is 10.7. The van der Waals surface area contributed by atoms with Crippen LogP contribution in [0.15, 0.2) is 54.7 Å². The fraction of sp³-hybridized carbons (Fsp3) is 0.0588. The molecular formula is C17H13NO4. The SMILES string of the molecule is COc1ccc(-c2cnc3ccccc3c2C(=O)OO)cc1. The van der Waals surface area contributed by atoms with Crippen LogP contribution in [0.1, 0.15) is 10.4 Å². The summed E-state index contributed by atoms with van der Waals surface area (Å²) in [5.74, 6) is -0.104. The van der Waals surface area contributed by atoms with Crippen molar-refractivity contribution in [3.05, 3.63) is 60.3 Å². The molecule has 0 amide bonds. The van der Waals surface area contributed by atoms with Gasteiger partial charge in [0.2, 0.25) is 0 Å². The minimum atomic E-state index is -0.815. The standard InChI is InChI=1S/C17H13NO4/c1-21-12-8-6-11(7-9-12)14-10-18-15-5-3-2-4-13(15)16(14)17(19)22-20/h2-10,20H,1H3. The van der Waals surface area contributed by atoms with E-state index in [2.05, 4.69) is 9.87 Å². The van der Waals surface area contributed by atoms with E-state index in [9.17, 15) is 4.79 Å². The van der Waals surface area contributed by atoms with Gasteiger partial charge in [0.05, 0.1) is 18.2 Å². The number of rotatable bonds is 3. The van der Waals surface area contributed by atoms with Crippen LogP contribution in [-0.2, 0) is 4.89 Å². The first-order valence-corrected chi connectivity index (χ1v) is 6.62. The molecule has 0 aliphatic heterocycles. The predicted molar refractivity (Wildman–Crippen MR) is 81.8 cm³/mol. The Morgan fingerprint density at radius 1 is 1.09 bits per heavy atom. The molecule has 1 heterocycles. The van der Waals surface area contributed by atoms with Gasteiger partial charge in [-0.1, -0.05) is 30.3 Å². The third-order valence-corrected chi connectivity index (χ3v) is 3.46. The lowest BCUT2D eigenvalue weighted by molar-refractivity contribution is -0.182. The number of pyridine rings is 1. The number of fused-ring (bicyclic) bond motifs is 1. The topological polar surface area (TPSA) is 68.7 Å². The highest BCUT2D eigenvalue weighted by atomic mass is 17.1. The summed E-state index contributed by atoms with van der Waals surface area (Å²) in [7, 11) is 1.58. The zero-order chi connectivity index (χ0) is 15.5. The Kier molecular flexibility index (Phi) is 3.72. The minimum Gasteiger partial charge on any atom is -0.497 e. The lowest BCUT2D eigenvalue weighted by Gasteiger charge is -2.10. The third kappa shape index (κ3) is 2.38. The summed E-state index contributed by atoms with van der Waals surface area (Å²) in [6.07, 6.45) is 1.59. The van der Waals surface area contributed by atoms with E-state index in [-0.39, 0.29) is 5.56 Å². The van der Waals surface area contributed by atoms with Gasteiger partial charge in [-0.3, -0.25) is 9.87 Å². The molecule has 2 aromatic carbocycles. The van der Waals surface area contributed by atoms with Crippen LogP contribution in [0.3, 0.4) is 0 Å². The zero-order valence-corrected chi connectivity index (χ0v) is 11.8. The number of hydrogen-bond donors (Lipinski definition) is 1. The van der Waals surface area contributed by atoms with Crippen LogP contribution in [0.5, 0.6) is 5.75 Å². The summed E-state index contributed by atoms with van der Waals surface area (Å²) in [5, 5.41) is 9.43. The van der Waals surface area contributed by atoms with E-state index in [1.807, 2.05) is 18.2 Å². The largest absolute Gasteiger partial charge is 0.497 e. The number of nitrogens with zero attached hydrogens (tertiary/aromatic N) is 1. The molecule has 0 radical (unpaired) electrons. The lowest BCUT2D eigenvalue weighted by atomic mass is 9.98. The lowest BCUT2D eigenvalue weighted by Crippen LogP contribution is -2.06. The monoisotopic (exact) mass is 295 g/mol. The number of ether oxygens (including phenoxy) is 1. The van der Waals surface area contributed by atoms with Gasteiger partial charge in [-0.15, -0.1) is 0 Å². The average molecular weight is 295 g/mol. The van der Waals surface area contributed by atoms with Crippen LogP contribution >= 0.6 is 0 Å². The van der Waals surface area contributed by atoms with Crippen LogP contribution in [0.25, 0.3) is 22.0 Å². The van der Waals surface area contributed by atoms with E-state index < -0.39 is 5.97 Å². The van der Waals surface area contributed by atoms with Crippen molar-refractivity contribution in [2.24, 2.45) is 0 Å². The summed E-state index contributed by atoms with van der Waals surface area (Å²) in [4.78, 5) is 20.3. The van der Waals surface area contributed by atoms with E-state index in [1.165, 1.54) is 0 Å². The Morgan fingerprint density at radius 3 is 2.50 bits per heavy atom. The molecule has 0 bridgehead atoms. The van der Waals surface area contributed by atoms with Crippen molar-refractivity contribution in [3.8, 4) is 16.9 Å². The maximum absolute atomic E-state index is 12.0. The molecule has 3 rings (SSSR count). The molecule has 0 saturated carbocycles. The fourth-order valence-electron chi connectivity index (χ4n) is 2.40. The molecule has 1 N–H and O–H groups in total. The minimum absolute atomic E-state index is 0.276. The van der Waals surface area contributed by atoms with Gasteiger partial charge in [-0.25, -0.2) is 4.79 Å². The van der Waals surface area contributed by atoms with E-state index in [1.54, 1.807) is 43.6 Å². The number of carbonyl (C=O) groups excluding carboxylic acids is 1. The van der Waals surface area contributed by atoms with Crippen molar-refractivity contribution >= 4 is 16.9 Å². The first-order valence-electron chi connectivity index (χ1n) is 6.62. The Morgan fingerprint density at radius 2 is 1.82 bits per heavy atom. The summed E-state index contributed by atoms with van der Waals surface area (Å²) in [6.45, 7) is 0. The second-order valence-electron chi connectivity index (χ2n) is 4.67. The van der Waals surface area contributed by atoms with E-state index >= 15 is 0 Å². The molecule has 0 aliphatic carbocycles. The molecule has 22 heavy (non-hydrogen) atoms. The van der Waals surface area contributed by atoms with E-state index in [4.69, 9.17) is 9.99 Å². The second kappa shape index (κ2) is 5.83. The molecule has 1 aromatic heterocycles. The smallest absolute Gasteiger partial charge is 0.374 e. The number of benzene rings is 2. The van der Waals surface area contributed by atoms with Gasteiger partial charge in [0, 0.05) is 17.1 Å². The number of aromatic nitrogens is 1. The highest BCUT2D eigenvalue weighted by molar-refractivity contribution is 6.08. The van der Waals surface area contributed by atoms with E-state index in [0.29, 0.717) is 22.2 Å². The van der Waals surface area contributed by atoms with Crippen LogP contribution in [0.2, 0.25) is 0 Å². The summed E-state index contributed by atoms with van der Waals surface area (Å²) >= 11 is 0. The molecule has 0 spiro atoms. The van der Waals surface area contributed by atoms with Gasteiger partial charge in [-0.2, -0.15) is 5.26 Å². The molecule has 0 unspecified atom stereocenters. The number of hydrogen-bond acceptors (Lipinski definition) is 5. The molecule has 0 atom stereocenters. The van der Waals surface area contributed by atoms with Crippen molar-refractivity contribution in [2.45, 2.75) is 0 Å². The third-order valence-electron chi connectivity index (χ3n) is 3.46. The highest BCUT2D eigenvalue weighted by Gasteiger charge is 2.19. The molecular weight excluding hydrogens is 282 g/mol. The van der Waals surface area contributed by atoms with Crippen molar-refractivity contribution in [1.29, 1.82) is 0 Å². The van der Waals surface area contributed by atoms with Crippen LogP contribution in [0, 0.1) is 0 Å². The van der Waals surface area contributed by atoms with Gasteiger partial charge >= 0.3 is 5.97 Å². The maximum atomic E-state index is 12.0. The Labute approximate surface area is 126 Å². The van der Waals surface area contributed by atoms with Crippen molar-refractivity contribution in [1.82, 2.24) is 4.98 Å². The van der Waals surface area contributed by atoms with Gasteiger partial charge in [0.25, 0.3) is 0 Å². The molecule has 0 fully saturated rings. The van der Waals surface area contributed by atoms with Gasteiger partial charge < -0.3 is 4.74 Å². The fourth-order valence-corrected chi connectivity index (χ4v) is 2.40. The van der Waals surface area contributed by atoms with Gasteiger partial charge in [-0.05, 0) is 23.8 Å². The second-order valence-corrected chi connectivity index (χ2v) is 4.67. The Hall–Kier alpha value is -2.92. The van der Waals surface area contributed by atoms with E-state index in [0.717, 1.165) is 5.56 Å². The maximum Gasteiger partial charge on any atom is 0.374 e. The van der Waals surface area contributed by atoms with Crippen LogP contribution in [-0.4, -0.2) is 23.3 Å². The molecule has 3 aromatic rings. The quantitative estimate of drug-likeness (QED) is 0.591. The molecule has 110 valence electrons. The predicted octanol–water partition coefficient (Wildman–Crippen LogP) is 3.54. The number of carbonyl (C=O) groups is 1. The highest BCUT2D eigenvalue weighted by Crippen LogP contribution is 2.30. The van der Waals surface area contributed by atoms with Crippen LogP contribution in [0.4, 0.5) is 0 Å². The normalized spacial score (nSPS) is 10.5. The van der Waals surface area contributed by atoms with Gasteiger partial charge in [0.15, 0.2) is 0 Å². The molecule has 5 nitrogen and oxygen atoms in total. The zero-order valence-electron chi connectivity index (χ0n) is 11.8. The first kappa shape index (κ1) is 14.0. The number of methoxy groups -OCH3 is 1. The Bertz CT molecular complexity index is 828. The number of para-hydroxylation sites is 1. The van der Waals surface area contributed by atoms with Crippen molar-refractivity contribution in [3.63, 3.8) is 0 Å². The average Bonchev–Trinajstić information content (AvgIpc) is 2.60. The van der Waals surface area contributed by atoms with Crippen molar-refractivity contribution in [2.75, 3.05) is 7.11 Å². The summed E-state index contributed by atoms with van der Waals surface area (Å²) < 4.78 is 5.13. The van der Waals surface area contributed by atoms with Crippen molar-refractivity contribution < 1.29 is 19.7 Å². The summed E-state index contributed by atoms with van der Waals surface area (Å²) in [5.41, 5.74) is 2.29. The molecule has 0 aliphatic rings. The van der Waals surface area contributed by atoms with Crippen LogP contribution < -0.4 is 4.74 Å². The summed E-state index contributed by atoms with van der Waals surface area (Å²) in [6, 6.07) is 14.4. The van der Waals surface area contributed by atoms with Gasteiger partial charge in [0.1, 0.15) is 5.75 Å². The Balaban J connectivity index is 2.25.